The van der Waals surface area contributed by atoms with E-state index in [4.69, 9.17) is 14.2 Å². The number of carboxylic acids is 1. The van der Waals surface area contributed by atoms with E-state index in [0.29, 0.717) is 0 Å². The molecule has 8 nitrogen and oxygen atoms in total. The summed E-state index contributed by atoms with van der Waals surface area (Å²) in [6, 6.07) is 0. The Morgan fingerprint density at radius 1 is 1.14 bits per heavy atom. The first kappa shape index (κ1) is 17.3. The molecule has 0 saturated heterocycles. The maximum Gasteiger partial charge on any atom is 2.00 e. The molecule has 0 aromatic rings. The molecule has 0 amide bonds. The van der Waals surface area contributed by atoms with Crippen LogP contribution in [0.2, 0.25) is 0 Å². The van der Waals surface area contributed by atoms with Gasteiger partial charge in [-0.05, 0) is 0 Å². The summed E-state index contributed by atoms with van der Waals surface area (Å²) in [6.45, 7) is 0. The molecule has 78 valence electrons. The SMILES string of the molecule is O=C(O)C(CS(=O)(=O)O)S(=O)(=O)O.[Ba+2]. The van der Waals surface area contributed by atoms with Crippen LogP contribution in [0.5, 0.6) is 0 Å². The van der Waals surface area contributed by atoms with Crippen LogP contribution in [0.15, 0.2) is 0 Å². The van der Waals surface area contributed by atoms with E-state index in [1.54, 1.807) is 0 Å². The molecule has 0 spiro atoms. The van der Waals surface area contributed by atoms with Crippen molar-refractivity contribution >= 4 is 75.1 Å². The largest absolute Gasteiger partial charge is 2.00 e. The number of carbonyl (C=O) groups is 1. The first-order valence-electron chi connectivity index (χ1n) is 2.68. The number of hydrogen-bond donors (Lipinski definition) is 3. The molecule has 0 heterocycles. The fourth-order valence-corrected chi connectivity index (χ4v) is 2.46. The van der Waals surface area contributed by atoms with Crippen molar-refractivity contribution in [2.45, 2.75) is 5.25 Å². The molecule has 0 bridgehead atoms. The van der Waals surface area contributed by atoms with E-state index >= 15 is 0 Å². The molecule has 0 fully saturated rings. The molecule has 0 aliphatic carbocycles. The summed E-state index contributed by atoms with van der Waals surface area (Å²) in [5.74, 6) is -3.64. The van der Waals surface area contributed by atoms with Gasteiger partial charge < -0.3 is 5.11 Å². The van der Waals surface area contributed by atoms with Gasteiger partial charge in [-0.2, -0.15) is 16.8 Å². The zero-order valence-corrected chi connectivity index (χ0v) is 12.8. The van der Waals surface area contributed by atoms with Crippen LogP contribution in [0.3, 0.4) is 0 Å². The Bertz CT molecular complexity index is 392. The third-order valence-corrected chi connectivity index (χ3v) is 3.05. The van der Waals surface area contributed by atoms with Crippen molar-refractivity contribution in [2.75, 3.05) is 5.75 Å². The molecule has 0 aliphatic rings. The summed E-state index contributed by atoms with van der Waals surface area (Å²) < 4.78 is 57.1. The molecular formula is C3H6BaO8S2+2. The van der Waals surface area contributed by atoms with Gasteiger partial charge in [0, 0.05) is 0 Å². The van der Waals surface area contributed by atoms with Gasteiger partial charge in [0.2, 0.25) is 0 Å². The summed E-state index contributed by atoms with van der Waals surface area (Å²) >= 11 is 0. The Kier molecular flexibility index (Phi) is 7.17. The van der Waals surface area contributed by atoms with Gasteiger partial charge in [-0.15, -0.1) is 0 Å². The van der Waals surface area contributed by atoms with Gasteiger partial charge in [-0.1, -0.05) is 0 Å². The van der Waals surface area contributed by atoms with Gasteiger partial charge in [0.25, 0.3) is 20.2 Å². The molecule has 11 heteroatoms. The monoisotopic (exact) mass is 372 g/mol. The maximum absolute atomic E-state index is 10.2. The van der Waals surface area contributed by atoms with Gasteiger partial charge in [0.1, 0.15) is 5.75 Å². The molecule has 3 N–H and O–H groups in total. The number of hydrogen-bond acceptors (Lipinski definition) is 5. The van der Waals surface area contributed by atoms with E-state index in [1.165, 1.54) is 0 Å². The fourth-order valence-electron chi connectivity index (χ4n) is 0.476. The molecule has 0 saturated carbocycles. The average molecular weight is 372 g/mol. The molecular weight excluding hydrogens is 365 g/mol. The van der Waals surface area contributed by atoms with Crippen LogP contribution >= 0.6 is 0 Å². The first-order chi connectivity index (χ1) is 5.54. The van der Waals surface area contributed by atoms with Gasteiger partial charge in [-0.25, -0.2) is 0 Å². The Labute approximate surface area is 120 Å². The minimum Gasteiger partial charge on any atom is -0.480 e. The quantitative estimate of drug-likeness (QED) is 0.374. The van der Waals surface area contributed by atoms with Gasteiger partial charge in [0.05, 0.1) is 0 Å². The first-order valence-corrected chi connectivity index (χ1v) is 5.79. The Hall–Kier alpha value is 0.861. The van der Waals surface area contributed by atoms with Crippen LogP contribution in [0.4, 0.5) is 0 Å². The number of aliphatic carboxylic acids is 1. The number of carboxylic acid groups (broad SMARTS) is 1. The normalized spacial score (nSPS) is 14.1. The second-order valence-electron chi connectivity index (χ2n) is 2.09. The summed E-state index contributed by atoms with van der Waals surface area (Å²) in [5.41, 5.74) is 0. The summed E-state index contributed by atoms with van der Waals surface area (Å²) in [4.78, 5) is 10.1. The summed E-state index contributed by atoms with van der Waals surface area (Å²) in [5, 5.41) is 5.59. The molecule has 14 heavy (non-hydrogen) atoms. The van der Waals surface area contributed by atoms with E-state index < -0.39 is 37.2 Å². The average Bonchev–Trinajstić information content (AvgIpc) is 1.77. The van der Waals surface area contributed by atoms with Crippen molar-refractivity contribution in [1.82, 2.24) is 0 Å². The Morgan fingerprint density at radius 3 is 1.57 bits per heavy atom. The Balaban J connectivity index is 0. The molecule has 0 aliphatic heterocycles. The Morgan fingerprint density at radius 2 is 1.50 bits per heavy atom. The topological polar surface area (TPSA) is 146 Å². The van der Waals surface area contributed by atoms with Crippen LogP contribution in [0, 0.1) is 0 Å². The second kappa shape index (κ2) is 5.81. The van der Waals surface area contributed by atoms with Crippen LogP contribution in [-0.2, 0) is 25.0 Å². The predicted octanol–water partition coefficient (Wildman–Crippen LogP) is -2.17. The zero-order chi connectivity index (χ0) is 10.9. The summed E-state index contributed by atoms with van der Waals surface area (Å²) in [7, 11) is -9.81. The fraction of sp³-hybridized carbons (Fsp3) is 0.667. The smallest absolute Gasteiger partial charge is 0.480 e. The predicted molar refractivity (Wildman–Crippen MR) is 45.1 cm³/mol. The molecule has 0 radical (unpaired) electrons. The molecule has 1 atom stereocenters. The molecule has 0 aromatic carbocycles. The van der Waals surface area contributed by atoms with E-state index in [2.05, 4.69) is 0 Å². The third-order valence-electron chi connectivity index (χ3n) is 0.997. The van der Waals surface area contributed by atoms with Crippen molar-refractivity contribution in [2.24, 2.45) is 0 Å². The number of rotatable bonds is 4. The van der Waals surface area contributed by atoms with Crippen LogP contribution in [0.1, 0.15) is 0 Å². The van der Waals surface area contributed by atoms with Crippen LogP contribution in [-0.4, -0.2) is 96.9 Å². The van der Waals surface area contributed by atoms with Crippen molar-refractivity contribution in [3.63, 3.8) is 0 Å². The van der Waals surface area contributed by atoms with Crippen LogP contribution in [0.25, 0.3) is 0 Å². The third kappa shape index (κ3) is 7.19. The van der Waals surface area contributed by atoms with E-state index in [-0.39, 0.29) is 48.9 Å². The van der Waals surface area contributed by atoms with Crippen molar-refractivity contribution in [1.29, 1.82) is 0 Å². The van der Waals surface area contributed by atoms with Crippen LogP contribution < -0.4 is 0 Å². The summed E-state index contributed by atoms with van der Waals surface area (Å²) in [6.07, 6.45) is 0. The van der Waals surface area contributed by atoms with E-state index in [1.807, 2.05) is 0 Å². The molecule has 1 unspecified atom stereocenters. The zero-order valence-electron chi connectivity index (χ0n) is 6.69. The van der Waals surface area contributed by atoms with Gasteiger partial charge in [-0.3, -0.25) is 13.9 Å². The van der Waals surface area contributed by atoms with Gasteiger partial charge >= 0.3 is 54.9 Å². The maximum atomic E-state index is 10.2. The molecule has 0 aromatic heterocycles. The van der Waals surface area contributed by atoms with Crippen molar-refractivity contribution in [3.05, 3.63) is 0 Å². The van der Waals surface area contributed by atoms with E-state index in [9.17, 15) is 21.6 Å². The minimum absolute atomic E-state index is 0. The standard InChI is InChI=1S/C3H6O8S2.Ba/c4-3(5)2(13(9,10)11)1-12(6,7)8;/h2H,1H2,(H,4,5)(H,6,7,8)(H,9,10,11);/q;+2. The van der Waals surface area contributed by atoms with Crippen molar-refractivity contribution < 1.29 is 35.8 Å². The second-order valence-corrected chi connectivity index (χ2v) is 5.19. The minimum atomic E-state index is -5.04. The van der Waals surface area contributed by atoms with E-state index in [0.717, 1.165) is 0 Å². The molecule has 0 rings (SSSR count). The van der Waals surface area contributed by atoms with Gasteiger partial charge in [0.15, 0.2) is 5.25 Å². The van der Waals surface area contributed by atoms with Crippen molar-refractivity contribution in [3.8, 4) is 0 Å².